The first kappa shape index (κ1) is 17.9. The molecule has 22 heavy (non-hydrogen) atoms. The first-order valence-electron chi connectivity index (χ1n) is 7.14. The third-order valence-corrected chi connectivity index (χ3v) is 2.78. The van der Waals surface area contributed by atoms with Crippen molar-refractivity contribution in [1.29, 1.82) is 0 Å². The maximum absolute atomic E-state index is 12.0. The standard InChI is InChI=1S/C16H24N2O4/c1-7-8-11(9-13(19)22-16(2,3)4)14-17-12(10-21-14)15(20)18(5)6/h7,10-11H,1,8-9H2,2-6H3. The van der Waals surface area contributed by atoms with Gasteiger partial charge >= 0.3 is 5.97 Å². The van der Waals surface area contributed by atoms with Crippen LogP contribution in [0.5, 0.6) is 0 Å². The highest BCUT2D eigenvalue weighted by Crippen LogP contribution is 2.25. The molecule has 0 saturated heterocycles. The minimum Gasteiger partial charge on any atom is -0.460 e. The molecule has 0 aromatic carbocycles. The molecule has 1 aromatic heterocycles. The summed E-state index contributed by atoms with van der Waals surface area (Å²) in [6.45, 7) is 9.12. The highest BCUT2D eigenvalue weighted by molar-refractivity contribution is 5.91. The van der Waals surface area contributed by atoms with Crippen molar-refractivity contribution in [1.82, 2.24) is 9.88 Å². The third kappa shape index (κ3) is 5.35. The van der Waals surface area contributed by atoms with Crippen molar-refractivity contribution in [2.24, 2.45) is 0 Å². The number of hydrogen-bond acceptors (Lipinski definition) is 5. The van der Waals surface area contributed by atoms with Crippen LogP contribution in [-0.2, 0) is 9.53 Å². The quantitative estimate of drug-likeness (QED) is 0.597. The lowest BCUT2D eigenvalue weighted by Gasteiger charge is -2.20. The smallest absolute Gasteiger partial charge is 0.307 e. The van der Waals surface area contributed by atoms with Gasteiger partial charge in [0.15, 0.2) is 11.6 Å². The lowest BCUT2D eigenvalue weighted by atomic mass is 10.0. The van der Waals surface area contributed by atoms with E-state index >= 15 is 0 Å². The van der Waals surface area contributed by atoms with Crippen LogP contribution in [0.1, 0.15) is 55.9 Å². The van der Waals surface area contributed by atoms with E-state index in [1.807, 2.05) is 20.8 Å². The van der Waals surface area contributed by atoms with Gasteiger partial charge in [0.2, 0.25) is 0 Å². The number of carbonyl (C=O) groups is 2. The highest BCUT2D eigenvalue weighted by Gasteiger charge is 2.25. The van der Waals surface area contributed by atoms with Crippen LogP contribution in [0.4, 0.5) is 0 Å². The zero-order valence-electron chi connectivity index (χ0n) is 13.9. The van der Waals surface area contributed by atoms with Crippen LogP contribution in [0.25, 0.3) is 0 Å². The van der Waals surface area contributed by atoms with E-state index in [0.717, 1.165) is 0 Å². The van der Waals surface area contributed by atoms with Crippen molar-refractivity contribution in [3.05, 3.63) is 30.5 Å². The summed E-state index contributed by atoms with van der Waals surface area (Å²) in [7, 11) is 3.28. The number of oxazole rings is 1. The molecule has 0 saturated carbocycles. The predicted molar refractivity (Wildman–Crippen MR) is 82.5 cm³/mol. The van der Waals surface area contributed by atoms with Gasteiger partial charge in [-0.15, -0.1) is 6.58 Å². The topological polar surface area (TPSA) is 72.6 Å². The minimum absolute atomic E-state index is 0.124. The third-order valence-electron chi connectivity index (χ3n) is 2.78. The van der Waals surface area contributed by atoms with Crippen LogP contribution in [0, 0.1) is 0 Å². The molecule has 1 atom stereocenters. The second-order valence-electron chi connectivity index (χ2n) is 6.28. The second kappa shape index (κ2) is 7.24. The summed E-state index contributed by atoms with van der Waals surface area (Å²) in [5, 5.41) is 0. The number of carbonyl (C=O) groups excluding carboxylic acids is 2. The molecule has 0 spiro atoms. The van der Waals surface area contributed by atoms with Gasteiger partial charge in [-0.25, -0.2) is 4.98 Å². The van der Waals surface area contributed by atoms with Gasteiger partial charge in [-0.3, -0.25) is 9.59 Å². The Labute approximate surface area is 131 Å². The molecule has 1 rings (SSSR count). The molecular weight excluding hydrogens is 284 g/mol. The fourth-order valence-corrected chi connectivity index (χ4v) is 1.86. The van der Waals surface area contributed by atoms with E-state index in [-0.39, 0.29) is 29.9 Å². The van der Waals surface area contributed by atoms with E-state index in [9.17, 15) is 9.59 Å². The van der Waals surface area contributed by atoms with E-state index in [0.29, 0.717) is 12.3 Å². The Bertz CT molecular complexity index is 541. The summed E-state index contributed by atoms with van der Waals surface area (Å²) in [4.78, 5) is 29.4. The molecule has 1 aromatic rings. The Morgan fingerprint density at radius 1 is 1.45 bits per heavy atom. The maximum Gasteiger partial charge on any atom is 0.307 e. The van der Waals surface area contributed by atoms with E-state index < -0.39 is 5.60 Å². The van der Waals surface area contributed by atoms with Crippen molar-refractivity contribution >= 4 is 11.9 Å². The Kier molecular flexibility index (Phi) is 5.91. The normalized spacial score (nSPS) is 12.6. The van der Waals surface area contributed by atoms with Crippen LogP contribution in [0.2, 0.25) is 0 Å². The highest BCUT2D eigenvalue weighted by atomic mass is 16.6. The first-order valence-corrected chi connectivity index (χ1v) is 7.14. The van der Waals surface area contributed by atoms with Crippen molar-refractivity contribution < 1.29 is 18.7 Å². The largest absolute Gasteiger partial charge is 0.460 e. The fraction of sp³-hybridized carbons (Fsp3) is 0.562. The molecule has 0 N–H and O–H groups in total. The van der Waals surface area contributed by atoms with Gasteiger partial charge in [-0.1, -0.05) is 6.08 Å². The molecule has 0 bridgehead atoms. The molecule has 0 aliphatic carbocycles. The van der Waals surface area contributed by atoms with Gasteiger partial charge in [-0.2, -0.15) is 0 Å². The molecule has 122 valence electrons. The van der Waals surface area contributed by atoms with Crippen LogP contribution >= 0.6 is 0 Å². The monoisotopic (exact) mass is 308 g/mol. The van der Waals surface area contributed by atoms with Gasteiger partial charge in [-0.05, 0) is 27.2 Å². The predicted octanol–water partition coefficient (Wildman–Crippen LogP) is 2.77. The zero-order valence-corrected chi connectivity index (χ0v) is 13.9. The summed E-state index contributed by atoms with van der Waals surface area (Å²) >= 11 is 0. The number of rotatable bonds is 6. The molecule has 0 fully saturated rings. The maximum atomic E-state index is 12.0. The van der Waals surface area contributed by atoms with Crippen LogP contribution < -0.4 is 0 Å². The lowest BCUT2D eigenvalue weighted by molar-refractivity contribution is -0.155. The minimum atomic E-state index is -0.543. The Balaban J connectivity index is 2.85. The van der Waals surface area contributed by atoms with Gasteiger partial charge < -0.3 is 14.1 Å². The van der Waals surface area contributed by atoms with Crippen molar-refractivity contribution in [3.63, 3.8) is 0 Å². The van der Waals surface area contributed by atoms with Crippen molar-refractivity contribution in [3.8, 4) is 0 Å². The molecule has 0 aliphatic heterocycles. The van der Waals surface area contributed by atoms with Gasteiger partial charge in [0.05, 0.1) is 6.42 Å². The Morgan fingerprint density at radius 3 is 2.59 bits per heavy atom. The molecule has 1 unspecified atom stereocenters. The molecule has 6 heteroatoms. The number of aromatic nitrogens is 1. The number of nitrogens with zero attached hydrogens (tertiary/aromatic N) is 2. The number of hydrogen-bond donors (Lipinski definition) is 0. The van der Waals surface area contributed by atoms with E-state index in [1.165, 1.54) is 11.2 Å². The van der Waals surface area contributed by atoms with E-state index in [1.54, 1.807) is 20.2 Å². The van der Waals surface area contributed by atoms with Gasteiger partial charge in [0, 0.05) is 20.0 Å². The summed E-state index contributed by atoms with van der Waals surface area (Å²) in [5.74, 6) is -0.533. The van der Waals surface area contributed by atoms with Crippen molar-refractivity contribution in [2.75, 3.05) is 14.1 Å². The number of amides is 1. The van der Waals surface area contributed by atoms with E-state index in [4.69, 9.17) is 9.15 Å². The van der Waals surface area contributed by atoms with Crippen LogP contribution in [0.15, 0.2) is 23.3 Å². The molecule has 6 nitrogen and oxygen atoms in total. The van der Waals surface area contributed by atoms with Gasteiger partial charge in [0.25, 0.3) is 5.91 Å². The fourth-order valence-electron chi connectivity index (χ4n) is 1.86. The zero-order chi connectivity index (χ0) is 16.9. The Hall–Kier alpha value is -2.11. The number of allylic oxidation sites excluding steroid dienone is 1. The molecule has 0 aliphatic rings. The first-order chi connectivity index (χ1) is 10.1. The molecule has 0 radical (unpaired) electrons. The van der Waals surface area contributed by atoms with Gasteiger partial charge in [0.1, 0.15) is 11.9 Å². The average Bonchev–Trinajstić information content (AvgIpc) is 2.84. The van der Waals surface area contributed by atoms with Crippen molar-refractivity contribution in [2.45, 2.75) is 45.1 Å². The molecule has 1 heterocycles. The number of esters is 1. The molecular formula is C16H24N2O4. The second-order valence-corrected chi connectivity index (χ2v) is 6.28. The molecule has 1 amide bonds. The number of ether oxygens (including phenoxy) is 1. The Morgan fingerprint density at radius 2 is 2.09 bits per heavy atom. The summed E-state index contributed by atoms with van der Waals surface area (Å²) in [6.07, 6.45) is 3.63. The average molecular weight is 308 g/mol. The van der Waals surface area contributed by atoms with Crippen LogP contribution in [0.3, 0.4) is 0 Å². The lowest BCUT2D eigenvalue weighted by Crippen LogP contribution is -2.25. The van der Waals surface area contributed by atoms with Crippen LogP contribution in [-0.4, -0.2) is 41.5 Å². The SMILES string of the molecule is C=CCC(CC(=O)OC(C)(C)C)c1nc(C(=O)N(C)C)co1. The summed E-state index contributed by atoms with van der Waals surface area (Å²) < 4.78 is 10.7. The summed E-state index contributed by atoms with van der Waals surface area (Å²) in [6, 6.07) is 0. The summed E-state index contributed by atoms with van der Waals surface area (Å²) in [5.41, 5.74) is -0.323. The van der Waals surface area contributed by atoms with E-state index in [2.05, 4.69) is 11.6 Å².